The number of phenolic OH excluding ortho intramolecular Hbond substituents is 1. The Balaban J connectivity index is 3.34. The molecule has 1 N–H and O–H groups in total. The second-order valence-electron chi connectivity index (χ2n) is 1.61. The lowest BCUT2D eigenvalue weighted by Crippen LogP contribution is -1.76. The number of rotatable bonds is 0. The van der Waals surface area contributed by atoms with Gasteiger partial charge in [0.1, 0.15) is 5.75 Å². The van der Waals surface area contributed by atoms with Gasteiger partial charge in [-0.1, -0.05) is 23.2 Å². The maximum Gasteiger partial charge on any atom is 0.138 e. The lowest BCUT2D eigenvalue weighted by Gasteiger charge is -1.99. The molecule has 0 aliphatic carbocycles. The summed E-state index contributed by atoms with van der Waals surface area (Å²) >= 11 is 13.2. The number of benzene rings is 1. The van der Waals surface area contributed by atoms with E-state index in [-0.39, 0.29) is 5.75 Å². The van der Waals surface area contributed by atoms with Crippen LogP contribution in [0.1, 0.15) is 0 Å². The van der Waals surface area contributed by atoms with Crippen LogP contribution in [0.5, 0.6) is 5.75 Å². The molecule has 10 heavy (non-hydrogen) atoms. The van der Waals surface area contributed by atoms with Crippen LogP contribution in [0.3, 0.4) is 0 Å². The minimum absolute atomic E-state index is 0.0370. The lowest BCUT2D eigenvalue weighted by atomic mass is 10.3. The Morgan fingerprint density at radius 3 is 2.60 bits per heavy atom. The summed E-state index contributed by atoms with van der Waals surface area (Å²) in [6.45, 7) is 0. The molecule has 1 rings (SSSR count). The van der Waals surface area contributed by atoms with Crippen molar-refractivity contribution in [2.45, 2.75) is 0 Å². The molecule has 0 heterocycles. The number of hydrogen-bond donors (Lipinski definition) is 1. The van der Waals surface area contributed by atoms with Crippen LogP contribution >= 0.6 is 45.8 Å². The van der Waals surface area contributed by atoms with Crippen molar-refractivity contribution >= 4 is 45.8 Å². The van der Waals surface area contributed by atoms with Crippen molar-refractivity contribution in [3.63, 3.8) is 0 Å². The largest absolute Gasteiger partial charge is 0.506 e. The van der Waals surface area contributed by atoms with Crippen LogP contribution < -0.4 is 0 Å². The lowest BCUT2D eigenvalue weighted by molar-refractivity contribution is 0.470. The molecule has 0 atom stereocenters. The van der Waals surface area contributed by atoms with E-state index in [1.807, 2.05) is 22.6 Å². The fourth-order valence-electron chi connectivity index (χ4n) is 0.467. The molecule has 0 spiro atoms. The Labute approximate surface area is 82.1 Å². The van der Waals surface area contributed by atoms with E-state index in [2.05, 4.69) is 6.07 Å². The van der Waals surface area contributed by atoms with Gasteiger partial charge in [-0.2, -0.15) is 0 Å². The summed E-state index contributed by atoms with van der Waals surface area (Å²) in [5.41, 5.74) is 0. The molecule has 1 aromatic carbocycles. The summed E-state index contributed by atoms with van der Waals surface area (Å²) in [6.07, 6.45) is 0. The van der Waals surface area contributed by atoms with Crippen LogP contribution in [-0.2, 0) is 0 Å². The average Bonchev–Trinajstić information content (AvgIpc) is 1.93. The van der Waals surface area contributed by atoms with Crippen molar-refractivity contribution in [3.8, 4) is 5.75 Å². The third kappa shape index (κ3) is 1.49. The maximum absolute atomic E-state index is 9.02. The zero-order chi connectivity index (χ0) is 7.72. The van der Waals surface area contributed by atoms with Crippen molar-refractivity contribution in [3.05, 3.63) is 25.7 Å². The van der Waals surface area contributed by atoms with E-state index in [1.165, 1.54) is 6.07 Å². The molecule has 0 fully saturated rings. The number of phenols is 1. The molecule has 0 aliphatic heterocycles. The summed E-state index contributed by atoms with van der Waals surface area (Å²) < 4.78 is 0.534. The molecule has 0 amide bonds. The summed E-state index contributed by atoms with van der Waals surface area (Å²) in [7, 11) is 0. The van der Waals surface area contributed by atoms with Crippen LogP contribution in [0.4, 0.5) is 0 Å². The topological polar surface area (TPSA) is 20.2 Å². The smallest absolute Gasteiger partial charge is 0.138 e. The highest BCUT2D eigenvalue weighted by Crippen LogP contribution is 2.32. The molecule has 1 nitrogen and oxygen atoms in total. The van der Waals surface area contributed by atoms with Gasteiger partial charge < -0.3 is 5.11 Å². The Kier molecular flexibility index (Phi) is 2.66. The molecule has 0 saturated carbocycles. The van der Waals surface area contributed by atoms with Gasteiger partial charge in [-0.25, -0.2) is 0 Å². The van der Waals surface area contributed by atoms with Gasteiger partial charge in [-0.15, -0.1) is 0 Å². The van der Waals surface area contributed by atoms with E-state index >= 15 is 0 Å². The predicted octanol–water partition coefficient (Wildman–Crippen LogP) is 3.10. The SMILES string of the molecule is Oc1[c]cc(Cl)c(Cl)c1I. The van der Waals surface area contributed by atoms with Crippen LogP contribution in [0, 0.1) is 9.64 Å². The second kappa shape index (κ2) is 3.15. The van der Waals surface area contributed by atoms with Gasteiger partial charge in [-0.3, -0.25) is 0 Å². The molecule has 0 unspecified atom stereocenters. The first-order valence-corrected chi connectivity index (χ1v) is 4.20. The highest BCUT2D eigenvalue weighted by atomic mass is 127. The van der Waals surface area contributed by atoms with Crippen molar-refractivity contribution in [2.24, 2.45) is 0 Å². The quantitative estimate of drug-likeness (QED) is 0.574. The Hall–Kier alpha value is 0.330. The summed E-state index contributed by atoms with van der Waals surface area (Å²) in [5, 5.41) is 9.80. The average molecular weight is 288 g/mol. The molecular formula is C6H2Cl2IO. The van der Waals surface area contributed by atoms with Gasteiger partial charge in [-0.05, 0) is 28.7 Å². The van der Waals surface area contributed by atoms with E-state index in [1.54, 1.807) is 0 Å². The van der Waals surface area contributed by atoms with Crippen LogP contribution in [0.2, 0.25) is 10.0 Å². The van der Waals surface area contributed by atoms with Crippen LogP contribution in [0.25, 0.3) is 0 Å². The third-order valence-corrected chi connectivity index (χ3v) is 3.10. The molecule has 1 radical (unpaired) electrons. The van der Waals surface area contributed by atoms with E-state index < -0.39 is 0 Å². The second-order valence-corrected chi connectivity index (χ2v) is 3.48. The highest BCUT2D eigenvalue weighted by molar-refractivity contribution is 14.1. The van der Waals surface area contributed by atoms with E-state index in [9.17, 15) is 0 Å². The Morgan fingerprint density at radius 1 is 1.50 bits per heavy atom. The first-order chi connectivity index (χ1) is 4.63. The predicted molar refractivity (Wildman–Crippen MR) is 49.7 cm³/mol. The number of hydrogen-bond acceptors (Lipinski definition) is 1. The third-order valence-electron chi connectivity index (χ3n) is 0.946. The summed E-state index contributed by atoms with van der Waals surface area (Å²) in [5.74, 6) is 0.0370. The normalized spacial score (nSPS) is 9.90. The molecular weight excluding hydrogens is 286 g/mol. The maximum atomic E-state index is 9.02. The van der Waals surface area contributed by atoms with Crippen molar-refractivity contribution in [1.29, 1.82) is 0 Å². The van der Waals surface area contributed by atoms with Gasteiger partial charge in [0.15, 0.2) is 0 Å². The monoisotopic (exact) mass is 287 g/mol. The number of halogens is 3. The molecule has 0 bridgehead atoms. The zero-order valence-corrected chi connectivity index (χ0v) is 8.33. The van der Waals surface area contributed by atoms with E-state index in [0.29, 0.717) is 13.6 Å². The molecule has 0 aliphatic rings. The van der Waals surface area contributed by atoms with Crippen molar-refractivity contribution < 1.29 is 5.11 Å². The summed E-state index contributed by atoms with van der Waals surface area (Å²) in [4.78, 5) is 0. The van der Waals surface area contributed by atoms with Crippen LogP contribution in [-0.4, -0.2) is 5.11 Å². The van der Waals surface area contributed by atoms with Crippen molar-refractivity contribution in [1.82, 2.24) is 0 Å². The van der Waals surface area contributed by atoms with Crippen molar-refractivity contribution in [2.75, 3.05) is 0 Å². The fraction of sp³-hybridized carbons (Fsp3) is 0. The van der Waals surface area contributed by atoms with E-state index in [0.717, 1.165) is 0 Å². The van der Waals surface area contributed by atoms with Crippen LogP contribution in [0.15, 0.2) is 6.07 Å². The van der Waals surface area contributed by atoms with Gasteiger partial charge in [0.25, 0.3) is 0 Å². The van der Waals surface area contributed by atoms with Gasteiger partial charge >= 0.3 is 0 Å². The van der Waals surface area contributed by atoms with Gasteiger partial charge in [0.2, 0.25) is 0 Å². The first kappa shape index (κ1) is 8.43. The Morgan fingerprint density at radius 2 is 2.10 bits per heavy atom. The standard InChI is InChI=1S/C6H2Cl2IO/c7-3-1-2-4(10)6(9)5(3)8/h1,10H. The molecule has 53 valence electrons. The summed E-state index contributed by atoms with van der Waals surface area (Å²) in [6, 6.07) is 3.97. The highest BCUT2D eigenvalue weighted by Gasteiger charge is 2.05. The minimum Gasteiger partial charge on any atom is -0.506 e. The zero-order valence-electron chi connectivity index (χ0n) is 4.66. The number of aromatic hydroxyl groups is 1. The van der Waals surface area contributed by atoms with Gasteiger partial charge in [0, 0.05) is 6.07 Å². The fourth-order valence-corrected chi connectivity index (χ4v) is 1.37. The van der Waals surface area contributed by atoms with Gasteiger partial charge in [0.05, 0.1) is 13.6 Å². The first-order valence-electron chi connectivity index (χ1n) is 2.37. The minimum atomic E-state index is 0.0370. The molecule has 1 aromatic rings. The van der Waals surface area contributed by atoms with E-state index in [4.69, 9.17) is 28.3 Å². The Bertz CT molecular complexity index is 235. The molecule has 0 saturated heterocycles. The molecule has 4 heteroatoms. The molecule has 0 aromatic heterocycles.